The van der Waals surface area contributed by atoms with E-state index in [0.29, 0.717) is 24.4 Å². The number of halogens is 1. The van der Waals surface area contributed by atoms with E-state index < -0.39 is 6.10 Å². The van der Waals surface area contributed by atoms with Crippen molar-refractivity contribution in [1.82, 2.24) is 10.6 Å². The summed E-state index contributed by atoms with van der Waals surface area (Å²) >= 11 is 0. The number of amides is 1. The minimum atomic E-state index is -0.437. The average Bonchev–Trinajstić information content (AvgIpc) is 2.46. The van der Waals surface area contributed by atoms with Crippen LogP contribution in [-0.4, -0.2) is 49.0 Å². The number of rotatable bonds is 4. The first-order chi connectivity index (χ1) is 9.61. The number of carbonyl (C=O) groups is 1. The minimum absolute atomic E-state index is 0. The molecule has 0 saturated carbocycles. The van der Waals surface area contributed by atoms with Crippen LogP contribution in [0, 0.1) is 5.92 Å². The van der Waals surface area contributed by atoms with Gasteiger partial charge in [0, 0.05) is 24.6 Å². The van der Waals surface area contributed by atoms with Gasteiger partial charge in [0.05, 0.1) is 13.2 Å². The summed E-state index contributed by atoms with van der Waals surface area (Å²) < 4.78 is 4.93. The van der Waals surface area contributed by atoms with Crippen LogP contribution >= 0.6 is 12.4 Å². The Kier molecular flexibility index (Phi) is 6.74. The van der Waals surface area contributed by atoms with E-state index in [4.69, 9.17) is 4.74 Å². The molecule has 0 aliphatic carbocycles. The normalized spacial score (nSPS) is 21.2. The summed E-state index contributed by atoms with van der Waals surface area (Å²) in [6, 6.07) is 4.50. The average molecular weight is 317 g/mol. The molecule has 1 amide bonds. The van der Waals surface area contributed by atoms with Gasteiger partial charge in [-0.2, -0.15) is 0 Å². The van der Waals surface area contributed by atoms with Gasteiger partial charge in [0.25, 0.3) is 5.91 Å². The number of methoxy groups -OCH3 is 1. The number of aliphatic hydroxyl groups is 1. The highest BCUT2D eigenvalue weighted by atomic mass is 35.5. The highest BCUT2D eigenvalue weighted by Gasteiger charge is 2.23. The predicted molar refractivity (Wildman–Crippen MR) is 81.2 cm³/mol. The van der Waals surface area contributed by atoms with E-state index in [-0.39, 0.29) is 30.0 Å². The third kappa shape index (κ3) is 4.49. The topological polar surface area (TPSA) is 90.8 Å². The first-order valence-electron chi connectivity index (χ1n) is 6.66. The standard InChI is InChI=1S/C14H20N2O4.ClH/c1-20-13-3-2-9(6-11(13)17)14(19)16-7-10-4-5-15-8-12(10)18;/h2-3,6,10,12,15,17-18H,4-5,7-8H2,1H3,(H,16,19);1H/t10-,12+;/m0./s1. The van der Waals surface area contributed by atoms with Gasteiger partial charge in [0.15, 0.2) is 11.5 Å². The summed E-state index contributed by atoms with van der Waals surface area (Å²) in [5.41, 5.74) is 0.367. The molecule has 4 N–H and O–H groups in total. The van der Waals surface area contributed by atoms with Gasteiger partial charge in [-0.3, -0.25) is 4.79 Å². The number of piperidine rings is 1. The smallest absolute Gasteiger partial charge is 0.251 e. The van der Waals surface area contributed by atoms with E-state index in [1.165, 1.54) is 13.2 Å². The molecule has 1 aliphatic heterocycles. The summed E-state index contributed by atoms with van der Waals surface area (Å²) in [7, 11) is 1.45. The number of nitrogens with one attached hydrogen (secondary N) is 2. The number of phenolic OH excluding ortho intramolecular Hbond substituents is 1. The van der Waals surface area contributed by atoms with Crippen LogP contribution in [-0.2, 0) is 0 Å². The molecule has 2 rings (SSSR count). The van der Waals surface area contributed by atoms with Gasteiger partial charge in [0.1, 0.15) is 0 Å². The number of phenols is 1. The molecule has 1 aliphatic rings. The van der Waals surface area contributed by atoms with Crippen molar-refractivity contribution >= 4 is 18.3 Å². The number of hydrogen-bond donors (Lipinski definition) is 4. The Bertz CT molecular complexity index is 484. The zero-order chi connectivity index (χ0) is 14.5. The van der Waals surface area contributed by atoms with E-state index in [1.807, 2.05) is 0 Å². The molecule has 0 aromatic heterocycles. The Morgan fingerprint density at radius 2 is 2.29 bits per heavy atom. The number of ether oxygens (including phenoxy) is 1. The quantitative estimate of drug-likeness (QED) is 0.650. The summed E-state index contributed by atoms with van der Waals surface area (Å²) in [6.45, 7) is 1.83. The fourth-order valence-electron chi connectivity index (χ4n) is 2.29. The number of carbonyl (C=O) groups excluding carboxylic acids is 1. The molecule has 1 saturated heterocycles. The molecule has 118 valence electrons. The van der Waals surface area contributed by atoms with Crippen molar-refractivity contribution in [2.24, 2.45) is 5.92 Å². The van der Waals surface area contributed by atoms with Crippen molar-refractivity contribution in [2.75, 3.05) is 26.7 Å². The van der Waals surface area contributed by atoms with Crippen molar-refractivity contribution in [1.29, 1.82) is 0 Å². The van der Waals surface area contributed by atoms with Crippen LogP contribution in [0.2, 0.25) is 0 Å². The van der Waals surface area contributed by atoms with E-state index in [9.17, 15) is 15.0 Å². The maximum absolute atomic E-state index is 12.0. The SMILES string of the molecule is COc1ccc(C(=O)NC[C@@H]2CCNC[C@H]2O)cc1O.Cl. The van der Waals surface area contributed by atoms with E-state index >= 15 is 0 Å². The molecule has 0 spiro atoms. The monoisotopic (exact) mass is 316 g/mol. The number of aromatic hydroxyl groups is 1. The van der Waals surface area contributed by atoms with Gasteiger partial charge < -0.3 is 25.6 Å². The van der Waals surface area contributed by atoms with Gasteiger partial charge >= 0.3 is 0 Å². The van der Waals surface area contributed by atoms with Crippen molar-refractivity contribution in [3.8, 4) is 11.5 Å². The summed E-state index contributed by atoms with van der Waals surface area (Å²) in [4.78, 5) is 12.0. The van der Waals surface area contributed by atoms with Crippen molar-refractivity contribution < 1.29 is 19.7 Å². The largest absolute Gasteiger partial charge is 0.504 e. The lowest BCUT2D eigenvalue weighted by Gasteiger charge is -2.28. The number of aliphatic hydroxyl groups excluding tert-OH is 1. The van der Waals surface area contributed by atoms with Crippen LogP contribution in [0.5, 0.6) is 11.5 Å². The summed E-state index contributed by atoms with van der Waals surface area (Å²) in [6.07, 6.45) is 0.392. The Balaban J connectivity index is 0.00000220. The molecule has 1 fully saturated rings. The van der Waals surface area contributed by atoms with Crippen molar-refractivity contribution in [3.63, 3.8) is 0 Å². The second kappa shape index (κ2) is 8.07. The lowest BCUT2D eigenvalue weighted by atomic mass is 9.95. The van der Waals surface area contributed by atoms with Gasteiger partial charge in [-0.15, -0.1) is 12.4 Å². The van der Waals surface area contributed by atoms with Crippen molar-refractivity contribution in [3.05, 3.63) is 23.8 Å². The molecule has 1 aromatic rings. The molecule has 1 heterocycles. The van der Waals surface area contributed by atoms with Crippen LogP contribution in [0.1, 0.15) is 16.8 Å². The van der Waals surface area contributed by atoms with Crippen molar-refractivity contribution in [2.45, 2.75) is 12.5 Å². The molecular formula is C14H21ClN2O4. The molecule has 1 aromatic carbocycles. The number of β-amino-alcohol motifs (C(OH)–C–C–N with tert-alkyl or cyclic N) is 1. The highest BCUT2D eigenvalue weighted by Crippen LogP contribution is 2.26. The third-order valence-corrected chi connectivity index (χ3v) is 3.56. The predicted octanol–water partition coefficient (Wildman–Crippen LogP) is 0.523. The van der Waals surface area contributed by atoms with Gasteiger partial charge in [-0.1, -0.05) is 0 Å². The van der Waals surface area contributed by atoms with Crippen LogP contribution in [0.15, 0.2) is 18.2 Å². The molecule has 2 atom stereocenters. The Morgan fingerprint density at radius 1 is 1.52 bits per heavy atom. The van der Waals surface area contributed by atoms with E-state index in [1.54, 1.807) is 12.1 Å². The molecule has 0 bridgehead atoms. The Hall–Kier alpha value is -1.50. The van der Waals surface area contributed by atoms with E-state index in [2.05, 4.69) is 10.6 Å². The molecule has 7 heteroatoms. The lowest BCUT2D eigenvalue weighted by molar-refractivity contribution is 0.0753. The Labute approximate surface area is 129 Å². The maximum Gasteiger partial charge on any atom is 0.251 e. The molecule has 6 nitrogen and oxygen atoms in total. The first kappa shape index (κ1) is 17.6. The highest BCUT2D eigenvalue weighted by molar-refractivity contribution is 5.94. The summed E-state index contributed by atoms with van der Waals surface area (Å²) in [5, 5.41) is 25.3. The zero-order valence-corrected chi connectivity index (χ0v) is 12.7. The lowest BCUT2D eigenvalue weighted by Crippen LogP contribution is -2.45. The summed E-state index contributed by atoms with van der Waals surface area (Å²) in [5.74, 6) is 0.0538. The molecular weight excluding hydrogens is 296 g/mol. The van der Waals surface area contributed by atoms with Crippen LogP contribution in [0.4, 0.5) is 0 Å². The van der Waals surface area contributed by atoms with Gasteiger partial charge in [0.2, 0.25) is 0 Å². The van der Waals surface area contributed by atoms with Gasteiger partial charge in [-0.05, 0) is 31.2 Å². The van der Waals surface area contributed by atoms with Crippen LogP contribution < -0.4 is 15.4 Å². The molecule has 21 heavy (non-hydrogen) atoms. The third-order valence-electron chi connectivity index (χ3n) is 3.56. The minimum Gasteiger partial charge on any atom is -0.504 e. The van der Waals surface area contributed by atoms with Crippen LogP contribution in [0.3, 0.4) is 0 Å². The zero-order valence-electron chi connectivity index (χ0n) is 11.8. The maximum atomic E-state index is 12.0. The van der Waals surface area contributed by atoms with E-state index in [0.717, 1.165) is 13.0 Å². The fraction of sp³-hybridized carbons (Fsp3) is 0.500. The second-order valence-corrected chi connectivity index (χ2v) is 4.92. The Morgan fingerprint density at radius 3 is 2.90 bits per heavy atom. The number of hydrogen-bond acceptors (Lipinski definition) is 5. The first-order valence-corrected chi connectivity index (χ1v) is 6.66. The molecule has 0 radical (unpaired) electrons. The van der Waals surface area contributed by atoms with Crippen LogP contribution in [0.25, 0.3) is 0 Å². The molecule has 0 unspecified atom stereocenters. The fourth-order valence-corrected chi connectivity index (χ4v) is 2.29. The number of benzene rings is 1. The van der Waals surface area contributed by atoms with Gasteiger partial charge in [-0.25, -0.2) is 0 Å². The second-order valence-electron chi connectivity index (χ2n) is 4.92.